The van der Waals surface area contributed by atoms with E-state index in [1.54, 1.807) is 4.90 Å². The minimum absolute atomic E-state index is 0.000379. The smallest absolute Gasteiger partial charge is 0.246 e. The van der Waals surface area contributed by atoms with Crippen LogP contribution in [0.25, 0.3) is 0 Å². The summed E-state index contributed by atoms with van der Waals surface area (Å²) in [5, 5.41) is 2.87. The molecule has 0 aromatic rings. The van der Waals surface area contributed by atoms with Crippen molar-refractivity contribution in [2.45, 2.75) is 59.0 Å². The van der Waals surface area contributed by atoms with Gasteiger partial charge in [-0.25, -0.2) is 0 Å². The van der Waals surface area contributed by atoms with E-state index >= 15 is 0 Å². The largest absolute Gasteiger partial charge is 0.342 e. The molecule has 0 spiro atoms. The van der Waals surface area contributed by atoms with Crippen LogP contribution in [0.4, 0.5) is 0 Å². The van der Waals surface area contributed by atoms with Crippen LogP contribution in [-0.4, -0.2) is 35.3 Å². The lowest BCUT2D eigenvalue weighted by Crippen LogP contribution is -2.63. The fourth-order valence-corrected chi connectivity index (χ4v) is 2.36. The van der Waals surface area contributed by atoms with Crippen LogP contribution in [0.2, 0.25) is 0 Å². The van der Waals surface area contributed by atoms with Crippen molar-refractivity contribution in [3.63, 3.8) is 0 Å². The van der Waals surface area contributed by atoms with Gasteiger partial charge in [0.1, 0.15) is 12.1 Å². The minimum atomic E-state index is -0.324. The number of carbonyl (C=O) groups excluding carboxylic acids is 2. The van der Waals surface area contributed by atoms with E-state index in [0.29, 0.717) is 12.5 Å². The predicted octanol–water partition coefficient (Wildman–Crippen LogP) is 1.55. The summed E-state index contributed by atoms with van der Waals surface area (Å²) >= 11 is 0. The molecule has 4 nitrogen and oxygen atoms in total. The number of piperazine rings is 1. The molecular weight excluding hydrogens is 228 g/mol. The maximum Gasteiger partial charge on any atom is 0.246 e. The SMILES string of the molecule is CC1C(=O)NC(C2CC2)C(=O)N1CCC(C)(C)C. The number of nitrogens with zero attached hydrogens (tertiary/aromatic N) is 1. The van der Waals surface area contributed by atoms with Crippen LogP contribution < -0.4 is 5.32 Å². The van der Waals surface area contributed by atoms with Crippen molar-refractivity contribution in [2.24, 2.45) is 11.3 Å². The van der Waals surface area contributed by atoms with Crippen molar-refractivity contribution in [2.75, 3.05) is 6.54 Å². The zero-order valence-corrected chi connectivity index (χ0v) is 11.8. The number of amides is 2. The Hall–Kier alpha value is -1.06. The number of hydrogen-bond donors (Lipinski definition) is 1. The van der Waals surface area contributed by atoms with Crippen LogP contribution in [0, 0.1) is 11.3 Å². The van der Waals surface area contributed by atoms with E-state index in [1.807, 2.05) is 6.92 Å². The fourth-order valence-electron chi connectivity index (χ4n) is 2.36. The van der Waals surface area contributed by atoms with Crippen LogP contribution in [0.1, 0.15) is 47.0 Å². The first-order valence-corrected chi connectivity index (χ1v) is 6.90. The molecule has 1 aliphatic carbocycles. The molecule has 2 fully saturated rings. The van der Waals surface area contributed by atoms with Crippen molar-refractivity contribution in [3.8, 4) is 0 Å². The molecule has 2 atom stereocenters. The Kier molecular flexibility index (Phi) is 3.39. The molecule has 18 heavy (non-hydrogen) atoms. The normalized spacial score (nSPS) is 29.4. The Morgan fingerprint density at radius 1 is 1.28 bits per heavy atom. The van der Waals surface area contributed by atoms with E-state index in [-0.39, 0.29) is 29.3 Å². The molecule has 1 N–H and O–H groups in total. The lowest BCUT2D eigenvalue weighted by molar-refractivity contribution is -0.149. The Morgan fingerprint density at radius 2 is 1.89 bits per heavy atom. The van der Waals surface area contributed by atoms with Crippen molar-refractivity contribution < 1.29 is 9.59 Å². The number of hydrogen-bond acceptors (Lipinski definition) is 2. The lowest BCUT2D eigenvalue weighted by atomic mass is 9.91. The Bertz CT molecular complexity index is 355. The molecule has 1 heterocycles. The summed E-state index contributed by atoms with van der Waals surface area (Å²) in [6, 6.07) is -0.580. The summed E-state index contributed by atoms with van der Waals surface area (Å²) in [5.74, 6) is 0.500. The average Bonchev–Trinajstić information content (AvgIpc) is 3.05. The Morgan fingerprint density at radius 3 is 2.39 bits per heavy atom. The van der Waals surface area contributed by atoms with Gasteiger partial charge in [0.2, 0.25) is 11.8 Å². The first kappa shape index (κ1) is 13.4. The van der Waals surface area contributed by atoms with Gasteiger partial charge in [0.15, 0.2) is 0 Å². The number of nitrogens with one attached hydrogen (secondary N) is 1. The van der Waals surface area contributed by atoms with Crippen LogP contribution in [-0.2, 0) is 9.59 Å². The summed E-state index contributed by atoms with van der Waals surface area (Å²) < 4.78 is 0. The van der Waals surface area contributed by atoms with Gasteiger partial charge in [-0.1, -0.05) is 20.8 Å². The Labute approximate surface area is 109 Å². The van der Waals surface area contributed by atoms with E-state index in [9.17, 15) is 9.59 Å². The summed E-state index contributed by atoms with van der Waals surface area (Å²) in [5.41, 5.74) is 0.184. The molecule has 0 bridgehead atoms. The average molecular weight is 252 g/mol. The van der Waals surface area contributed by atoms with Crippen molar-refractivity contribution >= 4 is 11.8 Å². The van der Waals surface area contributed by atoms with Gasteiger partial charge in [-0.05, 0) is 37.5 Å². The highest BCUT2D eigenvalue weighted by Crippen LogP contribution is 2.35. The number of rotatable bonds is 3. The first-order valence-electron chi connectivity index (χ1n) is 6.90. The van der Waals surface area contributed by atoms with E-state index in [1.165, 1.54) is 0 Å². The van der Waals surface area contributed by atoms with Gasteiger partial charge < -0.3 is 10.2 Å². The zero-order valence-electron chi connectivity index (χ0n) is 11.8. The predicted molar refractivity (Wildman–Crippen MR) is 69.9 cm³/mol. The quantitative estimate of drug-likeness (QED) is 0.828. The maximum atomic E-state index is 12.4. The summed E-state index contributed by atoms with van der Waals surface area (Å²) in [6.07, 6.45) is 3.06. The van der Waals surface area contributed by atoms with Gasteiger partial charge in [0, 0.05) is 6.54 Å². The molecule has 4 heteroatoms. The third-order valence-corrected chi connectivity index (χ3v) is 3.89. The first-order chi connectivity index (χ1) is 8.29. The lowest BCUT2D eigenvalue weighted by Gasteiger charge is -2.38. The van der Waals surface area contributed by atoms with Gasteiger partial charge in [0.05, 0.1) is 0 Å². The molecule has 2 amide bonds. The molecule has 2 unspecified atom stereocenters. The van der Waals surface area contributed by atoms with Crippen LogP contribution in [0.5, 0.6) is 0 Å². The highest BCUT2D eigenvalue weighted by Gasteiger charge is 2.45. The fraction of sp³-hybridized carbons (Fsp3) is 0.857. The van der Waals surface area contributed by atoms with E-state index in [0.717, 1.165) is 19.3 Å². The minimum Gasteiger partial charge on any atom is -0.342 e. The summed E-state index contributed by atoms with van der Waals surface area (Å²) in [6.45, 7) is 8.97. The number of carbonyl (C=O) groups is 2. The monoisotopic (exact) mass is 252 g/mol. The molecule has 1 aliphatic heterocycles. The molecular formula is C14H24N2O2. The third-order valence-electron chi connectivity index (χ3n) is 3.89. The van der Waals surface area contributed by atoms with Crippen molar-refractivity contribution in [1.29, 1.82) is 0 Å². The highest BCUT2D eigenvalue weighted by atomic mass is 16.2. The molecule has 0 aromatic heterocycles. The molecule has 1 saturated heterocycles. The van der Waals surface area contributed by atoms with Gasteiger partial charge in [-0.2, -0.15) is 0 Å². The van der Waals surface area contributed by atoms with Crippen molar-refractivity contribution in [3.05, 3.63) is 0 Å². The van der Waals surface area contributed by atoms with Crippen LogP contribution in [0.15, 0.2) is 0 Å². The van der Waals surface area contributed by atoms with Gasteiger partial charge in [-0.3, -0.25) is 9.59 Å². The standard InChI is InChI=1S/C14H24N2O2/c1-9-12(17)15-11(10-5-6-10)13(18)16(9)8-7-14(2,3)4/h9-11H,5-8H2,1-4H3,(H,15,17). The Balaban J connectivity index is 2.04. The van der Waals surface area contributed by atoms with Gasteiger partial charge >= 0.3 is 0 Å². The zero-order chi connectivity index (χ0) is 13.5. The van der Waals surface area contributed by atoms with Crippen LogP contribution >= 0.6 is 0 Å². The van der Waals surface area contributed by atoms with Crippen molar-refractivity contribution in [1.82, 2.24) is 10.2 Å². The molecule has 102 valence electrons. The second-order valence-electron chi connectivity index (χ2n) is 6.84. The molecule has 1 saturated carbocycles. The molecule has 2 aliphatic rings. The summed E-state index contributed by atoms with van der Waals surface area (Å²) in [4.78, 5) is 26.1. The van der Waals surface area contributed by atoms with E-state index < -0.39 is 0 Å². The molecule has 0 aromatic carbocycles. The van der Waals surface area contributed by atoms with Gasteiger partial charge in [-0.15, -0.1) is 0 Å². The maximum absolute atomic E-state index is 12.4. The summed E-state index contributed by atoms with van der Waals surface area (Å²) in [7, 11) is 0. The molecule has 2 rings (SSSR count). The second-order valence-corrected chi connectivity index (χ2v) is 6.84. The van der Waals surface area contributed by atoms with E-state index in [2.05, 4.69) is 26.1 Å². The topological polar surface area (TPSA) is 49.4 Å². The van der Waals surface area contributed by atoms with Crippen LogP contribution in [0.3, 0.4) is 0 Å². The second kappa shape index (κ2) is 4.56. The van der Waals surface area contributed by atoms with E-state index in [4.69, 9.17) is 0 Å². The van der Waals surface area contributed by atoms with Gasteiger partial charge in [0.25, 0.3) is 0 Å². The third kappa shape index (κ3) is 2.85. The molecule has 0 radical (unpaired) electrons. The highest BCUT2D eigenvalue weighted by molar-refractivity contribution is 5.97.